The summed E-state index contributed by atoms with van der Waals surface area (Å²) < 4.78 is 6.50. The lowest BCUT2D eigenvalue weighted by molar-refractivity contribution is 0.106. The van der Waals surface area contributed by atoms with E-state index in [1.54, 1.807) is 0 Å². The fourth-order valence-electron chi connectivity index (χ4n) is 1.75. The number of aliphatic hydroxyl groups is 1. The molecule has 0 spiro atoms. The van der Waals surface area contributed by atoms with E-state index in [4.69, 9.17) is 4.74 Å². The van der Waals surface area contributed by atoms with E-state index < -0.39 is 6.10 Å². The van der Waals surface area contributed by atoms with Crippen molar-refractivity contribution in [3.8, 4) is 5.75 Å². The van der Waals surface area contributed by atoms with E-state index in [9.17, 15) is 5.11 Å². The number of hydrogen-bond donors (Lipinski definition) is 2. The second-order valence-corrected chi connectivity index (χ2v) is 5.60. The molecule has 0 saturated carbocycles. The third-order valence-electron chi connectivity index (χ3n) is 2.83. The third-order valence-corrected chi connectivity index (χ3v) is 3.32. The van der Waals surface area contributed by atoms with Gasteiger partial charge < -0.3 is 15.2 Å². The van der Waals surface area contributed by atoms with Crippen molar-refractivity contribution in [2.75, 3.05) is 19.7 Å². The lowest BCUT2D eigenvalue weighted by Crippen LogP contribution is -2.32. The standard InChI is InChI=1S/C15H24BrNO2/c1-2-3-4-5-9-17-11-14(18)12-19-15-8-6-7-13(16)10-15/h6-8,10,14,17-18H,2-5,9,11-12H2,1H3/t14-/m0/s1. The minimum atomic E-state index is -0.467. The molecular formula is C15H24BrNO2. The fraction of sp³-hybridized carbons (Fsp3) is 0.600. The van der Waals surface area contributed by atoms with E-state index in [2.05, 4.69) is 28.2 Å². The monoisotopic (exact) mass is 329 g/mol. The molecular weight excluding hydrogens is 306 g/mol. The van der Waals surface area contributed by atoms with Gasteiger partial charge in [0.15, 0.2) is 0 Å². The highest BCUT2D eigenvalue weighted by Crippen LogP contribution is 2.17. The van der Waals surface area contributed by atoms with Crippen LogP contribution in [0.3, 0.4) is 0 Å². The highest BCUT2D eigenvalue weighted by atomic mass is 79.9. The van der Waals surface area contributed by atoms with E-state index in [0.29, 0.717) is 13.2 Å². The van der Waals surface area contributed by atoms with Gasteiger partial charge in [-0.1, -0.05) is 48.2 Å². The number of nitrogens with one attached hydrogen (secondary N) is 1. The first-order chi connectivity index (χ1) is 9.22. The third kappa shape index (κ3) is 8.24. The maximum Gasteiger partial charge on any atom is 0.120 e. The molecule has 3 nitrogen and oxygen atoms in total. The van der Waals surface area contributed by atoms with Crippen LogP contribution in [0, 0.1) is 0 Å². The molecule has 108 valence electrons. The number of benzene rings is 1. The summed E-state index contributed by atoms with van der Waals surface area (Å²) in [6.07, 6.45) is 4.51. The molecule has 0 bridgehead atoms. The van der Waals surface area contributed by atoms with Crippen molar-refractivity contribution in [2.24, 2.45) is 0 Å². The zero-order valence-corrected chi connectivity index (χ0v) is 13.2. The van der Waals surface area contributed by atoms with Gasteiger partial charge in [-0.05, 0) is 31.2 Å². The van der Waals surface area contributed by atoms with Crippen LogP contribution in [0.1, 0.15) is 32.6 Å². The number of ether oxygens (including phenoxy) is 1. The molecule has 4 heteroatoms. The molecule has 1 aromatic rings. The Balaban J connectivity index is 2.06. The Morgan fingerprint density at radius 1 is 1.32 bits per heavy atom. The zero-order chi connectivity index (χ0) is 13.9. The lowest BCUT2D eigenvalue weighted by Gasteiger charge is -2.13. The van der Waals surface area contributed by atoms with Gasteiger partial charge in [0.2, 0.25) is 0 Å². The maximum absolute atomic E-state index is 9.78. The molecule has 1 atom stereocenters. The first-order valence-corrected chi connectivity index (χ1v) is 7.79. The molecule has 0 unspecified atom stereocenters. The quantitative estimate of drug-likeness (QED) is 0.647. The van der Waals surface area contributed by atoms with E-state index in [-0.39, 0.29) is 0 Å². The normalized spacial score (nSPS) is 12.4. The van der Waals surface area contributed by atoms with Crippen molar-refractivity contribution in [3.05, 3.63) is 28.7 Å². The predicted octanol–water partition coefficient (Wildman–Crippen LogP) is 3.36. The molecule has 1 aromatic carbocycles. The van der Waals surface area contributed by atoms with E-state index in [0.717, 1.165) is 16.8 Å². The summed E-state index contributed by atoms with van der Waals surface area (Å²) in [7, 11) is 0. The first kappa shape index (κ1) is 16.5. The van der Waals surface area contributed by atoms with Gasteiger partial charge in [0.05, 0.1) is 0 Å². The zero-order valence-electron chi connectivity index (χ0n) is 11.6. The molecule has 0 amide bonds. The Hall–Kier alpha value is -0.580. The second kappa shape index (κ2) is 10.2. The van der Waals surface area contributed by atoms with Crippen molar-refractivity contribution in [1.82, 2.24) is 5.32 Å². The van der Waals surface area contributed by atoms with Gasteiger partial charge in [0.1, 0.15) is 18.5 Å². The Morgan fingerprint density at radius 3 is 2.89 bits per heavy atom. The summed E-state index contributed by atoms with van der Waals surface area (Å²) in [6, 6.07) is 7.64. The number of rotatable bonds is 10. The van der Waals surface area contributed by atoms with Crippen LogP contribution in [0.15, 0.2) is 28.7 Å². The van der Waals surface area contributed by atoms with Crippen LogP contribution in [-0.2, 0) is 0 Å². The van der Waals surface area contributed by atoms with Crippen molar-refractivity contribution in [1.29, 1.82) is 0 Å². The molecule has 0 saturated heterocycles. The molecule has 0 aliphatic carbocycles. The number of halogens is 1. The predicted molar refractivity (Wildman–Crippen MR) is 82.7 cm³/mol. The summed E-state index contributed by atoms with van der Waals surface area (Å²) >= 11 is 3.39. The molecule has 0 radical (unpaired) electrons. The lowest BCUT2D eigenvalue weighted by atomic mass is 10.2. The molecule has 2 N–H and O–H groups in total. The fourth-order valence-corrected chi connectivity index (χ4v) is 2.13. The smallest absolute Gasteiger partial charge is 0.120 e. The summed E-state index contributed by atoms with van der Waals surface area (Å²) in [5.74, 6) is 0.774. The molecule has 19 heavy (non-hydrogen) atoms. The number of aliphatic hydroxyl groups excluding tert-OH is 1. The Labute approximate surface area is 124 Å². The second-order valence-electron chi connectivity index (χ2n) is 4.69. The van der Waals surface area contributed by atoms with Gasteiger partial charge in [0, 0.05) is 11.0 Å². The minimum absolute atomic E-state index is 0.318. The highest BCUT2D eigenvalue weighted by molar-refractivity contribution is 9.10. The summed E-state index contributed by atoms with van der Waals surface area (Å²) in [5.41, 5.74) is 0. The van der Waals surface area contributed by atoms with Gasteiger partial charge in [0.25, 0.3) is 0 Å². The Kier molecular flexibility index (Phi) is 8.88. The molecule has 0 fully saturated rings. The van der Waals surface area contributed by atoms with Crippen molar-refractivity contribution in [3.63, 3.8) is 0 Å². The molecule has 0 heterocycles. The van der Waals surface area contributed by atoms with E-state index in [1.807, 2.05) is 24.3 Å². The average Bonchev–Trinajstić information content (AvgIpc) is 2.40. The minimum Gasteiger partial charge on any atom is -0.491 e. The van der Waals surface area contributed by atoms with Gasteiger partial charge in [-0.25, -0.2) is 0 Å². The van der Waals surface area contributed by atoms with Gasteiger partial charge in [-0.3, -0.25) is 0 Å². The SMILES string of the molecule is CCCCCCNC[C@H](O)COc1cccc(Br)c1. The summed E-state index contributed by atoms with van der Waals surface area (Å²) in [6.45, 7) is 4.07. The van der Waals surface area contributed by atoms with Crippen LogP contribution in [0.4, 0.5) is 0 Å². The molecule has 0 aliphatic heterocycles. The molecule has 0 aromatic heterocycles. The average molecular weight is 330 g/mol. The largest absolute Gasteiger partial charge is 0.491 e. The van der Waals surface area contributed by atoms with Crippen LogP contribution in [0.25, 0.3) is 0 Å². The topological polar surface area (TPSA) is 41.5 Å². The Morgan fingerprint density at radius 2 is 2.16 bits per heavy atom. The van der Waals surface area contributed by atoms with Gasteiger partial charge in [-0.2, -0.15) is 0 Å². The number of unbranched alkanes of at least 4 members (excludes halogenated alkanes) is 3. The Bertz CT molecular complexity index is 347. The van der Waals surface area contributed by atoms with Crippen molar-refractivity contribution < 1.29 is 9.84 Å². The van der Waals surface area contributed by atoms with Crippen molar-refractivity contribution in [2.45, 2.75) is 38.7 Å². The van der Waals surface area contributed by atoms with Gasteiger partial charge >= 0.3 is 0 Å². The maximum atomic E-state index is 9.78. The molecule has 1 rings (SSSR count). The van der Waals surface area contributed by atoms with Crippen LogP contribution in [0.5, 0.6) is 5.75 Å². The van der Waals surface area contributed by atoms with E-state index >= 15 is 0 Å². The summed E-state index contributed by atoms with van der Waals surface area (Å²) in [5, 5.41) is 13.0. The van der Waals surface area contributed by atoms with Crippen LogP contribution in [-0.4, -0.2) is 30.9 Å². The van der Waals surface area contributed by atoms with Crippen LogP contribution >= 0.6 is 15.9 Å². The van der Waals surface area contributed by atoms with Crippen LogP contribution < -0.4 is 10.1 Å². The van der Waals surface area contributed by atoms with E-state index in [1.165, 1.54) is 25.7 Å². The van der Waals surface area contributed by atoms with Crippen LogP contribution in [0.2, 0.25) is 0 Å². The number of hydrogen-bond acceptors (Lipinski definition) is 3. The van der Waals surface area contributed by atoms with Gasteiger partial charge in [-0.15, -0.1) is 0 Å². The summed E-state index contributed by atoms with van der Waals surface area (Å²) in [4.78, 5) is 0. The first-order valence-electron chi connectivity index (χ1n) is 6.99. The van der Waals surface area contributed by atoms with Crippen molar-refractivity contribution >= 4 is 15.9 Å². The molecule has 0 aliphatic rings. The highest BCUT2D eigenvalue weighted by Gasteiger charge is 2.04.